The van der Waals surface area contributed by atoms with Gasteiger partial charge in [0.1, 0.15) is 23.9 Å². The van der Waals surface area contributed by atoms with Gasteiger partial charge in [0.2, 0.25) is 23.6 Å². The molecule has 1 aromatic rings. The van der Waals surface area contributed by atoms with E-state index in [1.54, 1.807) is 26.0 Å². The number of phenols is 1. The van der Waals surface area contributed by atoms with Crippen molar-refractivity contribution in [1.29, 1.82) is 0 Å². The van der Waals surface area contributed by atoms with Gasteiger partial charge >= 0.3 is 0 Å². The molecule has 0 aliphatic heterocycles. The molecule has 0 spiro atoms. The number of guanidine groups is 1. The van der Waals surface area contributed by atoms with Crippen LogP contribution in [0.4, 0.5) is 0 Å². The Morgan fingerprint density at radius 2 is 1.44 bits per heavy atom. The van der Waals surface area contributed by atoms with E-state index in [0.717, 1.165) is 42.4 Å². The van der Waals surface area contributed by atoms with Gasteiger partial charge in [0.05, 0.1) is 6.04 Å². The smallest absolute Gasteiger partial charge is 0.243 e. The molecule has 45 heavy (non-hydrogen) atoms. The molecule has 4 amide bonds. The van der Waals surface area contributed by atoms with Gasteiger partial charge in [0.25, 0.3) is 0 Å². The summed E-state index contributed by atoms with van der Waals surface area (Å²) in [5, 5.41) is 18.3. The molecule has 1 saturated carbocycles. The number of hydrogen-bond donors (Lipinski definition) is 9. The molecule has 0 aromatic heterocycles. The molecule has 0 unspecified atom stereocenters. The molecule has 0 heterocycles. The minimum absolute atomic E-state index is 0.0601. The Morgan fingerprint density at radius 3 is 2.02 bits per heavy atom. The first kappa shape index (κ1) is 37.3. The average molecular weight is 632 g/mol. The number of benzene rings is 1. The summed E-state index contributed by atoms with van der Waals surface area (Å²) in [5.74, 6) is -1.98. The Hall–Kier alpha value is -3.91. The SMILES string of the molecule is Cc1cc(O)cc(C)c1C[C@H](NC(=O)[C@H](N)CCCN=C(N)N)C(=O)N[C@@H](CCCCN)C(=O)N[C@@H](CC1CCCC1)C(N)=O. The number of amides is 4. The van der Waals surface area contributed by atoms with Crippen LogP contribution in [0.5, 0.6) is 5.75 Å². The number of rotatable bonds is 19. The second kappa shape index (κ2) is 18.8. The van der Waals surface area contributed by atoms with Crippen LogP contribution in [0.25, 0.3) is 0 Å². The van der Waals surface area contributed by atoms with Crippen molar-refractivity contribution in [3.05, 3.63) is 28.8 Å². The highest BCUT2D eigenvalue weighted by Crippen LogP contribution is 2.28. The zero-order valence-corrected chi connectivity index (χ0v) is 26.6. The Bertz CT molecular complexity index is 1160. The van der Waals surface area contributed by atoms with Crippen LogP contribution in [0.1, 0.15) is 80.9 Å². The second-order valence-corrected chi connectivity index (χ2v) is 12.1. The largest absolute Gasteiger partial charge is 0.508 e. The number of aromatic hydroxyl groups is 1. The van der Waals surface area contributed by atoms with E-state index in [0.29, 0.717) is 44.7 Å². The number of primary amides is 1. The lowest BCUT2D eigenvalue weighted by Crippen LogP contribution is -2.58. The van der Waals surface area contributed by atoms with E-state index in [-0.39, 0.29) is 31.0 Å². The second-order valence-electron chi connectivity index (χ2n) is 12.1. The van der Waals surface area contributed by atoms with Crippen LogP contribution in [0.2, 0.25) is 0 Å². The molecule has 1 aliphatic carbocycles. The molecule has 0 bridgehead atoms. The minimum Gasteiger partial charge on any atom is -0.508 e. The number of phenolic OH excluding ortho intramolecular Hbond substituents is 1. The predicted octanol–water partition coefficient (Wildman–Crippen LogP) is -0.419. The summed E-state index contributed by atoms with van der Waals surface area (Å²) in [6.45, 7) is 4.30. The van der Waals surface area contributed by atoms with Crippen molar-refractivity contribution in [2.75, 3.05) is 13.1 Å². The van der Waals surface area contributed by atoms with Crippen LogP contribution in [0, 0.1) is 19.8 Å². The molecule has 4 atom stereocenters. The predicted molar refractivity (Wildman–Crippen MR) is 174 cm³/mol. The van der Waals surface area contributed by atoms with Gasteiger partial charge in [-0.25, -0.2) is 0 Å². The number of aliphatic imine (C=N–C) groups is 1. The molecule has 0 radical (unpaired) electrons. The first-order valence-corrected chi connectivity index (χ1v) is 15.8. The third-order valence-electron chi connectivity index (χ3n) is 8.31. The van der Waals surface area contributed by atoms with Gasteiger partial charge in [0, 0.05) is 13.0 Å². The third-order valence-corrected chi connectivity index (χ3v) is 8.31. The van der Waals surface area contributed by atoms with Crippen LogP contribution in [-0.4, -0.2) is 72.0 Å². The molecule has 1 aromatic carbocycles. The Labute approximate surface area is 265 Å². The Morgan fingerprint density at radius 1 is 0.867 bits per heavy atom. The first-order chi connectivity index (χ1) is 21.3. The number of unbranched alkanes of at least 4 members (excludes halogenated alkanes) is 1. The van der Waals surface area contributed by atoms with Crippen LogP contribution in [0.3, 0.4) is 0 Å². The van der Waals surface area contributed by atoms with E-state index in [1.807, 2.05) is 0 Å². The number of carbonyl (C=O) groups excluding carboxylic acids is 4. The molecular weight excluding hydrogens is 578 g/mol. The monoisotopic (exact) mass is 631 g/mol. The van der Waals surface area contributed by atoms with E-state index >= 15 is 0 Å². The van der Waals surface area contributed by atoms with E-state index in [9.17, 15) is 24.3 Å². The number of hydrogen-bond acceptors (Lipinski definition) is 8. The van der Waals surface area contributed by atoms with E-state index in [1.165, 1.54) is 0 Å². The molecule has 14 nitrogen and oxygen atoms in total. The average Bonchev–Trinajstić information content (AvgIpc) is 3.48. The maximum atomic E-state index is 13.8. The van der Waals surface area contributed by atoms with E-state index < -0.39 is 47.8 Å². The first-order valence-electron chi connectivity index (χ1n) is 15.8. The van der Waals surface area contributed by atoms with Crippen molar-refractivity contribution in [3.63, 3.8) is 0 Å². The lowest BCUT2D eigenvalue weighted by molar-refractivity contribution is -0.133. The molecule has 1 aliphatic rings. The molecule has 252 valence electrons. The number of nitrogens with zero attached hydrogens (tertiary/aromatic N) is 1. The number of nitrogens with one attached hydrogen (secondary N) is 3. The summed E-state index contributed by atoms with van der Waals surface area (Å²) in [6, 6.07) is -0.739. The lowest BCUT2D eigenvalue weighted by atomic mass is 9.94. The van der Waals surface area contributed by atoms with E-state index in [4.69, 9.17) is 28.7 Å². The van der Waals surface area contributed by atoms with Gasteiger partial charge in [-0.05, 0) is 93.7 Å². The van der Waals surface area contributed by atoms with Gasteiger partial charge in [-0.3, -0.25) is 24.2 Å². The van der Waals surface area contributed by atoms with Gasteiger partial charge in [-0.2, -0.15) is 0 Å². The normalized spacial score (nSPS) is 15.8. The van der Waals surface area contributed by atoms with Crippen molar-refractivity contribution < 1.29 is 24.3 Å². The minimum atomic E-state index is -1.10. The molecule has 0 saturated heterocycles. The van der Waals surface area contributed by atoms with Gasteiger partial charge in [-0.15, -0.1) is 0 Å². The highest BCUT2D eigenvalue weighted by atomic mass is 16.3. The van der Waals surface area contributed by atoms with Crippen molar-refractivity contribution >= 4 is 29.6 Å². The van der Waals surface area contributed by atoms with Crippen LogP contribution in [0.15, 0.2) is 17.1 Å². The fourth-order valence-electron chi connectivity index (χ4n) is 5.77. The highest BCUT2D eigenvalue weighted by molar-refractivity contribution is 5.94. The number of nitrogens with two attached hydrogens (primary N) is 5. The van der Waals surface area contributed by atoms with Crippen LogP contribution in [-0.2, 0) is 25.6 Å². The summed E-state index contributed by atoms with van der Waals surface area (Å²) < 4.78 is 0. The molecule has 14 heteroatoms. The summed E-state index contributed by atoms with van der Waals surface area (Å²) >= 11 is 0. The Kier molecular flexibility index (Phi) is 15.6. The fraction of sp³-hybridized carbons (Fsp3) is 0.645. The number of aryl methyl sites for hydroxylation is 2. The highest BCUT2D eigenvalue weighted by Gasteiger charge is 2.31. The molecule has 14 N–H and O–H groups in total. The Balaban J connectivity index is 2.26. The van der Waals surface area contributed by atoms with Gasteiger partial charge in [-0.1, -0.05) is 25.7 Å². The topological polar surface area (TPSA) is 267 Å². The quantitative estimate of drug-likeness (QED) is 0.0544. The summed E-state index contributed by atoms with van der Waals surface area (Å²) in [6.07, 6.45) is 6.81. The van der Waals surface area contributed by atoms with Crippen LogP contribution >= 0.6 is 0 Å². The van der Waals surface area contributed by atoms with Gasteiger partial charge in [0.15, 0.2) is 5.96 Å². The summed E-state index contributed by atoms with van der Waals surface area (Å²) in [4.78, 5) is 56.6. The molecule has 1 fully saturated rings. The third kappa shape index (κ3) is 12.9. The fourth-order valence-corrected chi connectivity index (χ4v) is 5.77. The standard InChI is InChI=1S/C31H53N9O5/c1-18-14-21(41)15-19(2)22(18)17-26(40-28(43)23(33)10-7-13-37-31(35)36)30(45)38-24(11-5-6-12-32)29(44)39-25(27(34)42)16-20-8-3-4-9-20/h14-15,20,23-26,41H,3-13,16-17,32-33H2,1-2H3,(H2,34,42)(H,38,45)(H,39,44)(H,40,43)(H4,35,36,37)/t23-,24+,25+,26+/m1/s1. The number of carbonyl (C=O) groups is 4. The van der Waals surface area contributed by atoms with Gasteiger partial charge < -0.3 is 49.7 Å². The van der Waals surface area contributed by atoms with Crippen molar-refractivity contribution in [1.82, 2.24) is 16.0 Å². The summed E-state index contributed by atoms with van der Waals surface area (Å²) in [5.41, 5.74) is 30.4. The van der Waals surface area contributed by atoms with Crippen LogP contribution < -0.4 is 44.6 Å². The summed E-state index contributed by atoms with van der Waals surface area (Å²) in [7, 11) is 0. The van der Waals surface area contributed by atoms with E-state index in [2.05, 4.69) is 20.9 Å². The van der Waals surface area contributed by atoms with Crippen molar-refractivity contribution in [2.24, 2.45) is 39.6 Å². The van der Waals surface area contributed by atoms with Crippen molar-refractivity contribution in [3.8, 4) is 5.75 Å². The molecular formula is C31H53N9O5. The lowest BCUT2D eigenvalue weighted by Gasteiger charge is -2.27. The maximum absolute atomic E-state index is 13.8. The zero-order chi connectivity index (χ0) is 33.5. The molecule has 2 rings (SSSR count). The zero-order valence-electron chi connectivity index (χ0n) is 26.6. The van der Waals surface area contributed by atoms with Crippen molar-refractivity contribution in [2.45, 2.75) is 109 Å². The maximum Gasteiger partial charge on any atom is 0.243 e.